The van der Waals surface area contributed by atoms with E-state index in [4.69, 9.17) is 0 Å². The number of para-hydroxylation sites is 1. The quantitative estimate of drug-likeness (QED) is 0.580. The van der Waals surface area contributed by atoms with Crippen molar-refractivity contribution in [3.05, 3.63) is 35.9 Å². The fourth-order valence-electron chi connectivity index (χ4n) is 2.40. The Labute approximate surface area is 78.7 Å². The summed E-state index contributed by atoms with van der Waals surface area (Å²) >= 11 is 0. The van der Waals surface area contributed by atoms with Gasteiger partial charge in [-0.3, -0.25) is 0 Å². The van der Waals surface area contributed by atoms with E-state index in [0.29, 0.717) is 6.04 Å². The third-order valence-corrected chi connectivity index (χ3v) is 3.04. The van der Waals surface area contributed by atoms with Crippen molar-refractivity contribution in [2.45, 2.75) is 18.9 Å². The van der Waals surface area contributed by atoms with E-state index in [2.05, 4.69) is 41.3 Å². The molecule has 0 saturated carbocycles. The fraction of sp³-hybridized carbons (Fsp3) is 0.333. The second-order valence-corrected chi connectivity index (χ2v) is 3.82. The van der Waals surface area contributed by atoms with Crippen LogP contribution in [-0.2, 0) is 0 Å². The summed E-state index contributed by atoms with van der Waals surface area (Å²) in [6, 6.07) is 9.35. The molecule has 1 aromatic carbocycles. The van der Waals surface area contributed by atoms with Gasteiger partial charge in [-0.25, -0.2) is 0 Å². The molecule has 0 radical (unpaired) electrons. The smallest absolute Gasteiger partial charge is 0.0477 e. The lowest BCUT2D eigenvalue weighted by atomic mass is 10.0. The Morgan fingerprint density at radius 2 is 2.15 bits per heavy atom. The lowest BCUT2D eigenvalue weighted by Gasteiger charge is -2.29. The van der Waals surface area contributed by atoms with E-state index in [0.717, 1.165) is 0 Å². The summed E-state index contributed by atoms with van der Waals surface area (Å²) < 4.78 is 0. The molecule has 1 aromatic rings. The Morgan fingerprint density at radius 3 is 3.15 bits per heavy atom. The van der Waals surface area contributed by atoms with Gasteiger partial charge in [0.25, 0.3) is 0 Å². The number of benzene rings is 1. The second kappa shape index (κ2) is 2.63. The van der Waals surface area contributed by atoms with Crippen LogP contribution in [0.2, 0.25) is 0 Å². The number of hydrogen-bond acceptors (Lipinski definition) is 1. The average Bonchev–Trinajstić information content (AvgIpc) is 2.65. The van der Waals surface area contributed by atoms with Crippen LogP contribution in [0.15, 0.2) is 30.3 Å². The monoisotopic (exact) mass is 171 g/mol. The van der Waals surface area contributed by atoms with Crippen molar-refractivity contribution in [3.8, 4) is 0 Å². The van der Waals surface area contributed by atoms with E-state index < -0.39 is 0 Å². The second-order valence-electron chi connectivity index (χ2n) is 3.82. The molecule has 1 saturated heterocycles. The summed E-state index contributed by atoms with van der Waals surface area (Å²) in [7, 11) is 0. The summed E-state index contributed by atoms with van der Waals surface area (Å²) in [5.41, 5.74) is 2.80. The van der Waals surface area contributed by atoms with Crippen molar-refractivity contribution in [1.82, 2.24) is 0 Å². The summed E-state index contributed by atoms with van der Waals surface area (Å²) in [5.74, 6) is 0. The molecule has 1 unspecified atom stereocenters. The lowest BCUT2D eigenvalue weighted by Crippen LogP contribution is -2.29. The van der Waals surface area contributed by atoms with Crippen LogP contribution in [0.4, 0.5) is 5.69 Å². The zero-order chi connectivity index (χ0) is 8.67. The van der Waals surface area contributed by atoms with Crippen LogP contribution in [0.25, 0.3) is 6.08 Å². The van der Waals surface area contributed by atoms with Crippen molar-refractivity contribution in [2.24, 2.45) is 0 Å². The van der Waals surface area contributed by atoms with Gasteiger partial charge in [-0.15, -0.1) is 0 Å². The average molecular weight is 171 g/mol. The minimum Gasteiger partial charge on any atom is -0.365 e. The molecule has 2 aliphatic rings. The first-order valence-electron chi connectivity index (χ1n) is 4.99. The van der Waals surface area contributed by atoms with Crippen molar-refractivity contribution < 1.29 is 0 Å². The molecule has 0 aromatic heterocycles. The van der Waals surface area contributed by atoms with Gasteiger partial charge in [0, 0.05) is 18.3 Å². The van der Waals surface area contributed by atoms with Crippen molar-refractivity contribution in [2.75, 3.05) is 11.4 Å². The number of fused-ring (bicyclic) bond motifs is 3. The minimum absolute atomic E-state index is 0.676. The zero-order valence-electron chi connectivity index (χ0n) is 7.61. The van der Waals surface area contributed by atoms with Gasteiger partial charge < -0.3 is 4.90 Å². The first-order chi connectivity index (χ1) is 6.45. The number of rotatable bonds is 0. The Bertz CT molecular complexity index is 354. The Morgan fingerprint density at radius 1 is 1.23 bits per heavy atom. The maximum absolute atomic E-state index is 2.52. The van der Waals surface area contributed by atoms with E-state index in [1.165, 1.54) is 30.6 Å². The molecule has 0 bridgehead atoms. The normalized spacial score (nSPS) is 24.3. The Balaban J connectivity index is 2.13. The summed E-state index contributed by atoms with van der Waals surface area (Å²) in [6.07, 6.45) is 7.27. The van der Waals surface area contributed by atoms with E-state index in [1.807, 2.05) is 0 Å². The molecule has 0 spiro atoms. The highest BCUT2D eigenvalue weighted by molar-refractivity contribution is 5.72. The van der Waals surface area contributed by atoms with Crippen LogP contribution < -0.4 is 4.90 Å². The van der Waals surface area contributed by atoms with Gasteiger partial charge >= 0.3 is 0 Å². The SMILES string of the molecule is C1=CC2CCCN2c2ccccc21. The first-order valence-corrected chi connectivity index (χ1v) is 4.99. The Hall–Kier alpha value is -1.24. The highest BCUT2D eigenvalue weighted by Crippen LogP contribution is 2.33. The van der Waals surface area contributed by atoms with Crippen LogP contribution in [0.1, 0.15) is 18.4 Å². The highest BCUT2D eigenvalue weighted by atomic mass is 15.2. The third-order valence-electron chi connectivity index (χ3n) is 3.04. The fourth-order valence-corrected chi connectivity index (χ4v) is 2.40. The van der Waals surface area contributed by atoms with Crippen LogP contribution in [0.3, 0.4) is 0 Å². The van der Waals surface area contributed by atoms with Gasteiger partial charge in [0.1, 0.15) is 0 Å². The standard InChI is InChI=1S/C12H13N/c1-2-6-12-10(4-1)7-8-11-5-3-9-13(11)12/h1-2,4,6-8,11H,3,5,9H2. The summed E-state index contributed by atoms with van der Waals surface area (Å²) in [5, 5.41) is 0. The maximum atomic E-state index is 2.52. The lowest BCUT2D eigenvalue weighted by molar-refractivity contribution is 0.801. The molecule has 0 N–H and O–H groups in total. The predicted octanol–water partition coefficient (Wildman–Crippen LogP) is 2.68. The molecule has 3 rings (SSSR count). The highest BCUT2D eigenvalue weighted by Gasteiger charge is 2.25. The molecule has 1 heteroatoms. The number of anilines is 1. The predicted molar refractivity (Wildman–Crippen MR) is 55.8 cm³/mol. The van der Waals surface area contributed by atoms with Crippen molar-refractivity contribution >= 4 is 11.8 Å². The van der Waals surface area contributed by atoms with Crippen molar-refractivity contribution in [3.63, 3.8) is 0 Å². The summed E-state index contributed by atoms with van der Waals surface area (Å²) in [4.78, 5) is 2.52. The molecule has 1 fully saturated rings. The van der Waals surface area contributed by atoms with Gasteiger partial charge in [-0.05, 0) is 24.5 Å². The minimum atomic E-state index is 0.676. The van der Waals surface area contributed by atoms with E-state index >= 15 is 0 Å². The van der Waals surface area contributed by atoms with E-state index in [1.54, 1.807) is 0 Å². The molecule has 0 aliphatic carbocycles. The number of nitrogens with zero attached hydrogens (tertiary/aromatic N) is 1. The summed E-state index contributed by atoms with van der Waals surface area (Å²) in [6.45, 7) is 1.23. The third kappa shape index (κ3) is 0.998. The molecule has 2 aliphatic heterocycles. The number of hydrogen-bond donors (Lipinski definition) is 0. The van der Waals surface area contributed by atoms with E-state index in [-0.39, 0.29) is 0 Å². The largest absolute Gasteiger partial charge is 0.365 e. The molecule has 0 amide bonds. The zero-order valence-corrected chi connectivity index (χ0v) is 7.61. The van der Waals surface area contributed by atoms with Crippen molar-refractivity contribution in [1.29, 1.82) is 0 Å². The van der Waals surface area contributed by atoms with Gasteiger partial charge in [0.15, 0.2) is 0 Å². The molecule has 1 nitrogen and oxygen atoms in total. The molecular weight excluding hydrogens is 158 g/mol. The van der Waals surface area contributed by atoms with Crippen LogP contribution in [-0.4, -0.2) is 12.6 Å². The van der Waals surface area contributed by atoms with Crippen LogP contribution >= 0.6 is 0 Å². The van der Waals surface area contributed by atoms with Gasteiger partial charge in [-0.2, -0.15) is 0 Å². The maximum Gasteiger partial charge on any atom is 0.0477 e. The molecule has 13 heavy (non-hydrogen) atoms. The first kappa shape index (κ1) is 7.19. The molecular formula is C12H13N. The molecule has 1 atom stereocenters. The Kier molecular flexibility index (Phi) is 1.45. The van der Waals surface area contributed by atoms with Gasteiger partial charge in [0.2, 0.25) is 0 Å². The van der Waals surface area contributed by atoms with Crippen LogP contribution in [0.5, 0.6) is 0 Å². The molecule has 66 valence electrons. The molecule has 2 heterocycles. The van der Waals surface area contributed by atoms with Crippen LogP contribution in [0, 0.1) is 0 Å². The van der Waals surface area contributed by atoms with E-state index in [9.17, 15) is 0 Å². The topological polar surface area (TPSA) is 3.24 Å². The van der Waals surface area contributed by atoms with Gasteiger partial charge in [-0.1, -0.05) is 30.4 Å². The van der Waals surface area contributed by atoms with Gasteiger partial charge in [0.05, 0.1) is 0 Å².